The van der Waals surface area contributed by atoms with Crippen LogP contribution in [0.5, 0.6) is 5.75 Å². The number of fused-ring (bicyclic) bond motifs is 1. The number of amides is 2. The molecule has 1 fully saturated rings. The van der Waals surface area contributed by atoms with E-state index in [1.165, 1.54) is 16.6 Å². The standard InChI is InChI=1S/C21H18ClN3O4S/c1-29-17-9-8-13(11-15(17)22)25-20(28)14-5-2-3-6-16(14)23-21(25)30-12-19(27)24-10-4-7-18(24)26/h2-3,5-6,8-9,11H,4,7,10,12H2,1H3. The van der Waals surface area contributed by atoms with E-state index in [2.05, 4.69) is 4.98 Å². The van der Waals surface area contributed by atoms with Crippen molar-refractivity contribution < 1.29 is 14.3 Å². The Morgan fingerprint density at radius 3 is 2.73 bits per heavy atom. The van der Waals surface area contributed by atoms with Crippen LogP contribution in [0.4, 0.5) is 0 Å². The number of nitrogens with zero attached hydrogens (tertiary/aromatic N) is 3. The summed E-state index contributed by atoms with van der Waals surface area (Å²) in [5.74, 6) is 0.0372. The van der Waals surface area contributed by atoms with E-state index in [4.69, 9.17) is 16.3 Å². The van der Waals surface area contributed by atoms with Crippen molar-refractivity contribution in [2.75, 3.05) is 19.4 Å². The first kappa shape index (κ1) is 20.4. The molecule has 0 radical (unpaired) electrons. The number of carbonyl (C=O) groups excluding carboxylic acids is 2. The first-order valence-corrected chi connectivity index (χ1v) is 10.7. The zero-order valence-corrected chi connectivity index (χ0v) is 17.7. The van der Waals surface area contributed by atoms with Gasteiger partial charge in [0, 0.05) is 13.0 Å². The molecule has 2 heterocycles. The molecule has 2 aromatic carbocycles. The highest BCUT2D eigenvalue weighted by molar-refractivity contribution is 7.99. The number of methoxy groups -OCH3 is 1. The van der Waals surface area contributed by atoms with Gasteiger partial charge in [-0.05, 0) is 36.8 Å². The molecule has 0 spiro atoms. The number of carbonyl (C=O) groups is 2. The van der Waals surface area contributed by atoms with Crippen LogP contribution in [-0.2, 0) is 9.59 Å². The van der Waals surface area contributed by atoms with Gasteiger partial charge in [0.2, 0.25) is 11.8 Å². The summed E-state index contributed by atoms with van der Waals surface area (Å²) in [5, 5.41) is 1.15. The van der Waals surface area contributed by atoms with Crippen molar-refractivity contribution in [1.82, 2.24) is 14.5 Å². The summed E-state index contributed by atoms with van der Waals surface area (Å²) >= 11 is 7.38. The Hall–Kier alpha value is -2.84. The number of halogens is 1. The monoisotopic (exact) mass is 443 g/mol. The number of likely N-dealkylation sites (tertiary alicyclic amines) is 1. The Morgan fingerprint density at radius 1 is 1.23 bits per heavy atom. The number of imide groups is 1. The lowest BCUT2D eigenvalue weighted by Gasteiger charge is -2.16. The molecule has 1 aromatic heterocycles. The van der Waals surface area contributed by atoms with Gasteiger partial charge >= 0.3 is 0 Å². The van der Waals surface area contributed by atoms with E-state index in [1.54, 1.807) is 42.5 Å². The number of hydrogen-bond donors (Lipinski definition) is 0. The van der Waals surface area contributed by atoms with Crippen molar-refractivity contribution in [3.05, 3.63) is 57.8 Å². The lowest BCUT2D eigenvalue weighted by atomic mass is 10.2. The Bertz CT molecular complexity index is 1210. The Kier molecular flexibility index (Phi) is 5.78. The minimum absolute atomic E-state index is 0.000404. The van der Waals surface area contributed by atoms with Gasteiger partial charge in [-0.2, -0.15) is 0 Å². The molecular weight excluding hydrogens is 426 g/mol. The number of hydrogen-bond acceptors (Lipinski definition) is 6. The molecule has 1 aliphatic rings. The average molecular weight is 444 g/mol. The third-order valence-electron chi connectivity index (χ3n) is 4.84. The Labute approximate surface area is 181 Å². The molecule has 0 unspecified atom stereocenters. The fraction of sp³-hybridized carbons (Fsp3) is 0.238. The minimum atomic E-state index is -0.288. The normalized spacial score (nSPS) is 13.8. The van der Waals surface area contributed by atoms with Crippen LogP contribution in [0.25, 0.3) is 16.6 Å². The SMILES string of the molecule is COc1ccc(-n2c(SCC(=O)N3CCCC3=O)nc3ccccc3c2=O)cc1Cl. The van der Waals surface area contributed by atoms with Crippen molar-refractivity contribution in [2.24, 2.45) is 0 Å². The second-order valence-electron chi connectivity index (χ2n) is 6.70. The maximum atomic E-state index is 13.3. The number of benzene rings is 2. The van der Waals surface area contributed by atoms with Crippen LogP contribution < -0.4 is 10.3 Å². The molecule has 1 saturated heterocycles. The van der Waals surface area contributed by atoms with Crippen LogP contribution in [0, 0.1) is 0 Å². The predicted octanol–water partition coefficient (Wildman–Crippen LogP) is 3.29. The molecular formula is C21H18ClN3O4S. The topological polar surface area (TPSA) is 81.5 Å². The first-order chi connectivity index (χ1) is 14.5. The molecule has 2 amide bonds. The molecule has 0 aliphatic carbocycles. The highest BCUT2D eigenvalue weighted by Crippen LogP contribution is 2.29. The summed E-state index contributed by atoms with van der Waals surface area (Å²) in [6.07, 6.45) is 1.07. The largest absolute Gasteiger partial charge is 0.495 e. The summed E-state index contributed by atoms with van der Waals surface area (Å²) in [5.41, 5.74) is 0.774. The van der Waals surface area contributed by atoms with Gasteiger partial charge in [-0.1, -0.05) is 35.5 Å². The molecule has 4 rings (SSSR count). The molecule has 0 saturated carbocycles. The van der Waals surface area contributed by atoms with E-state index < -0.39 is 0 Å². The molecule has 3 aromatic rings. The summed E-state index contributed by atoms with van der Waals surface area (Å²) in [6.45, 7) is 0.435. The zero-order chi connectivity index (χ0) is 21.3. The second kappa shape index (κ2) is 8.49. The Morgan fingerprint density at radius 2 is 2.03 bits per heavy atom. The molecule has 30 heavy (non-hydrogen) atoms. The van der Waals surface area contributed by atoms with E-state index in [0.717, 1.165) is 11.8 Å². The third kappa shape index (κ3) is 3.80. The van der Waals surface area contributed by atoms with Gasteiger partial charge in [0.05, 0.1) is 34.5 Å². The van der Waals surface area contributed by atoms with E-state index in [-0.39, 0.29) is 23.1 Å². The van der Waals surface area contributed by atoms with Crippen molar-refractivity contribution >= 4 is 46.1 Å². The van der Waals surface area contributed by atoms with E-state index >= 15 is 0 Å². The number of para-hydroxylation sites is 1. The number of aromatic nitrogens is 2. The van der Waals surface area contributed by atoms with Gasteiger partial charge in [-0.3, -0.25) is 23.9 Å². The van der Waals surface area contributed by atoms with Gasteiger partial charge < -0.3 is 4.74 Å². The molecule has 9 heteroatoms. The van der Waals surface area contributed by atoms with Gasteiger partial charge in [0.25, 0.3) is 5.56 Å². The summed E-state index contributed by atoms with van der Waals surface area (Å²) < 4.78 is 6.62. The lowest BCUT2D eigenvalue weighted by molar-refractivity contribution is -0.140. The molecule has 7 nitrogen and oxygen atoms in total. The number of rotatable bonds is 5. The first-order valence-electron chi connectivity index (χ1n) is 9.31. The van der Waals surface area contributed by atoms with Crippen LogP contribution >= 0.6 is 23.4 Å². The summed E-state index contributed by atoms with van der Waals surface area (Å²) in [6, 6.07) is 12.0. The van der Waals surface area contributed by atoms with Gasteiger partial charge in [0.1, 0.15) is 5.75 Å². The highest BCUT2D eigenvalue weighted by atomic mass is 35.5. The zero-order valence-electron chi connectivity index (χ0n) is 16.1. The van der Waals surface area contributed by atoms with Crippen LogP contribution in [0.2, 0.25) is 5.02 Å². The van der Waals surface area contributed by atoms with Crippen LogP contribution in [0.1, 0.15) is 12.8 Å². The van der Waals surface area contributed by atoms with Crippen molar-refractivity contribution in [3.63, 3.8) is 0 Å². The van der Waals surface area contributed by atoms with Gasteiger partial charge in [-0.25, -0.2) is 4.98 Å². The fourth-order valence-corrected chi connectivity index (χ4v) is 4.49. The van der Waals surface area contributed by atoms with Crippen molar-refractivity contribution in [3.8, 4) is 11.4 Å². The van der Waals surface area contributed by atoms with Crippen molar-refractivity contribution in [2.45, 2.75) is 18.0 Å². The maximum absolute atomic E-state index is 13.3. The van der Waals surface area contributed by atoms with Gasteiger partial charge in [-0.15, -0.1) is 0 Å². The maximum Gasteiger partial charge on any atom is 0.266 e. The predicted molar refractivity (Wildman–Crippen MR) is 116 cm³/mol. The van der Waals surface area contributed by atoms with Crippen LogP contribution in [0.15, 0.2) is 52.4 Å². The molecule has 0 atom stereocenters. The smallest absolute Gasteiger partial charge is 0.266 e. The number of thioether (sulfide) groups is 1. The molecule has 1 aliphatic heterocycles. The molecule has 0 N–H and O–H groups in total. The van der Waals surface area contributed by atoms with Crippen molar-refractivity contribution in [1.29, 1.82) is 0 Å². The number of ether oxygens (including phenoxy) is 1. The van der Waals surface area contributed by atoms with E-state index in [9.17, 15) is 14.4 Å². The lowest BCUT2D eigenvalue weighted by Crippen LogP contribution is -2.33. The summed E-state index contributed by atoms with van der Waals surface area (Å²) in [4.78, 5) is 43.5. The molecule has 154 valence electrons. The minimum Gasteiger partial charge on any atom is -0.495 e. The van der Waals surface area contributed by atoms with E-state index in [0.29, 0.717) is 51.9 Å². The van der Waals surface area contributed by atoms with Crippen LogP contribution in [0.3, 0.4) is 0 Å². The quantitative estimate of drug-likeness (QED) is 0.444. The second-order valence-corrected chi connectivity index (χ2v) is 8.05. The third-order valence-corrected chi connectivity index (χ3v) is 6.06. The summed E-state index contributed by atoms with van der Waals surface area (Å²) in [7, 11) is 1.51. The van der Waals surface area contributed by atoms with Crippen LogP contribution in [-0.4, -0.2) is 45.7 Å². The Balaban J connectivity index is 1.76. The molecule has 0 bridgehead atoms. The van der Waals surface area contributed by atoms with E-state index in [1.807, 2.05) is 0 Å². The highest BCUT2D eigenvalue weighted by Gasteiger charge is 2.27. The van der Waals surface area contributed by atoms with Gasteiger partial charge in [0.15, 0.2) is 5.16 Å². The average Bonchev–Trinajstić information content (AvgIpc) is 3.18. The fourth-order valence-electron chi connectivity index (χ4n) is 3.35.